The quantitative estimate of drug-likeness (QED) is 0.849. The molecule has 1 saturated heterocycles. The Hall–Kier alpha value is -1.55. The predicted octanol–water partition coefficient (Wildman–Crippen LogP) is 1.61. The molecule has 0 spiro atoms. The summed E-state index contributed by atoms with van der Waals surface area (Å²) in [4.78, 5) is 13.7. The number of rotatable bonds is 4. The zero-order valence-electron chi connectivity index (χ0n) is 11.1. The number of nitrogens with zero attached hydrogens (tertiary/aromatic N) is 1. The summed E-state index contributed by atoms with van der Waals surface area (Å²) >= 11 is 0. The fraction of sp³-hybridized carbons (Fsp3) is 0.500. The van der Waals surface area contributed by atoms with Crippen molar-refractivity contribution in [3.63, 3.8) is 0 Å². The maximum atomic E-state index is 11.9. The van der Waals surface area contributed by atoms with Crippen LogP contribution in [0.3, 0.4) is 0 Å². The lowest BCUT2D eigenvalue weighted by Crippen LogP contribution is -2.53. The topological polar surface area (TPSA) is 44.4 Å². The Kier molecular flexibility index (Phi) is 4.20. The number of nitrogens with one attached hydrogen (secondary N) is 2. The van der Waals surface area contributed by atoms with Gasteiger partial charge in [0.25, 0.3) is 0 Å². The van der Waals surface area contributed by atoms with Crippen molar-refractivity contribution in [3.05, 3.63) is 29.8 Å². The summed E-state index contributed by atoms with van der Waals surface area (Å²) in [6, 6.07) is 8.24. The molecule has 4 nitrogen and oxygen atoms in total. The maximum absolute atomic E-state index is 11.9. The standard InChI is InChI=1S/C14H21N3O/c1-3-11-4-6-13(7-5-11)17-10-12(8-15-2)9-16-14(17)18/h4-7,12,15H,3,8-10H2,1-2H3,(H,16,18). The molecule has 1 atom stereocenters. The third-order valence-electron chi connectivity index (χ3n) is 3.38. The van der Waals surface area contributed by atoms with Crippen LogP contribution in [0.25, 0.3) is 0 Å². The number of anilines is 1. The van der Waals surface area contributed by atoms with Crippen LogP contribution in [0, 0.1) is 5.92 Å². The second-order valence-corrected chi connectivity index (χ2v) is 4.74. The van der Waals surface area contributed by atoms with Gasteiger partial charge in [-0.25, -0.2) is 4.79 Å². The largest absolute Gasteiger partial charge is 0.337 e. The van der Waals surface area contributed by atoms with Gasteiger partial charge in [-0.05, 0) is 31.2 Å². The molecule has 0 saturated carbocycles. The lowest BCUT2D eigenvalue weighted by Gasteiger charge is -2.33. The van der Waals surface area contributed by atoms with E-state index in [9.17, 15) is 4.79 Å². The molecule has 1 heterocycles. The normalized spacial score (nSPS) is 19.8. The van der Waals surface area contributed by atoms with Gasteiger partial charge in [0.2, 0.25) is 0 Å². The van der Waals surface area contributed by atoms with Crippen LogP contribution < -0.4 is 15.5 Å². The van der Waals surface area contributed by atoms with E-state index in [1.807, 2.05) is 24.1 Å². The molecule has 0 bridgehead atoms. The third-order valence-corrected chi connectivity index (χ3v) is 3.38. The van der Waals surface area contributed by atoms with E-state index in [4.69, 9.17) is 0 Å². The van der Waals surface area contributed by atoms with Crippen LogP contribution in [0.1, 0.15) is 12.5 Å². The van der Waals surface area contributed by atoms with Gasteiger partial charge < -0.3 is 10.6 Å². The van der Waals surface area contributed by atoms with Crippen molar-refractivity contribution >= 4 is 11.7 Å². The van der Waals surface area contributed by atoms with Crippen LogP contribution in [-0.4, -0.2) is 32.7 Å². The molecule has 98 valence electrons. The van der Waals surface area contributed by atoms with Crippen LogP contribution in [0.2, 0.25) is 0 Å². The average Bonchev–Trinajstić information content (AvgIpc) is 2.41. The smallest absolute Gasteiger partial charge is 0.321 e. The number of hydrogen-bond donors (Lipinski definition) is 2. The van der Waals surface area contributed by atoms with Crippen LogP contribution in [0.4, 0.5) is 10.5 Å². The van der Waals surface area contributed by atoms with E-state index in [1.54, 1.807) is 0 Å². The Morgan fingerprint density at radius 3 is 2.72 bits per heavy atom. The lowest BCUT2D eigenvalue weighted by atomic mass is 10.1. The van der Waals surface area contributed by atoms with Gasteiger partial charge in [-0.15, -0.1) is 0 Å². The van der Waals surface area contributed by atoms with Gasteiger partial charge in [-0.3, -0.25) is 4.90 Å². The monoisotopic (exact) mass is 247 g/mol. The third kappa shape index (κ3) is 2.82. The van der Waals surface area contributed by atoms with Crippen molar-refractivity contribution in [1.82, 2.24) is 10.6 Å². The molecule has 1 fully saturated rings. The molecule has 2 rings (SSSR count). The fourth-order valence-electron chi connectivity index (χ4n) is 2.29. The Morgan fingerprint density at radius 1 is 1.39 bits per heavy atom. The lowest BCUT2D eigenvalue weighted by molar-refractivity contribution is 0.236. The van der Waals surface area contributed by atoms with E-state index < -0.39 is 0 Å². The molecular weight excluding hydrogens is 226 g/mol. The van der Waals surface area contributed by atoms with E-state index in [2.05, 4.69) is 29.7 Å². The number of hydrogen-bond acceptors (Lipinski definition) is 2. The minimum absolute atomic E-state index is 0.00611. The zero-order valence-corrected chi connectivity index (χ0v) is 11.1. The molecule has 0 aromatic heterocycles. The number of carbonyl (C=O) groups is 1. The van der Waals surface area contributed by atoms with E-state index in [0.717, 1.165) is 31.7 Å². The Balaban J connectivity index is 2.11. The molecule has 0 aliphatic carbocycles. The summed E-state index contributed by atoms with van der Waals surface area (Å²) < 4.78 is 0. The van der Waals surface area contributed by atoms with Crippen LogP contribution in [-0.2, 0) is 6.42 Å². The Bertz CT molecular complexity index is 402. The second kappa shape index (κ2) is 5.87. The SMILES string of the molecule is CCc1ccc(N2CC(CNC)CNC2=O)cc1. The number of amides is 2. The van der Waals surface area contributed by atoms with Gasteiger partial charge in [0, 0.05) is 31.2 Å². The summed E-state index contributed by atoms with van der Waals surface area (Å²) in [5, 5.41) is 6.11. The highest BCUT2D eigenvalue weighted by Crippen LogP contribution is 2.19. The van der Waals surface area contributed by atoms with Gasteiger partial charge in [0.1, 0.15) is 0 Å². The summed E-state index contributed by atoms with van der Waals surface area (Å²) in [7, 11) is 1.94. The molecule has 1 aliphatic heterocycles. The predicted molar refractivity (Wildman–Crippen MR) is 74.0 cm³/mol. The molecule has 18 heavy (non-hydrogen) atoms. The summed E-state index contributed by atoms with van der Waals surface area (Å²) in [5.41, 5.74) is 2.27. The van der Waals surface area contributed by atoms with Crippen molar-refractivity contribution in [2.45, 2.75) is 13.3 Å². The molecular formula is C14H21N3O. The highest BCUT2D eigenvalue weighted by Gasteiger charge is 2.25. The minimum atomic E-state index is 0.00611. The van der Waals surface area contributed by atoms with Crippen molar-refractivity contribution in [3.8, 4) is 0 Å². The van der Waals surface area contributed by atoms with Crippen LogP contribution in [0.5, 0.6) is 0 Å². The molecule has 1 unspecified atom stereocenters. The second-order valence-electron chi connectivity index (χ2n) is 4.74. The van der Waals surface area contributed by atoms with Gasteiger partial charge in [0.15, 0.2) is 0 Å². The first-order valence-corrected chi connectivity index (χ1v) is 6.53. The molecule has 2 amide bonds. The van der Waals surface area contributed by atoms with Crippen LogP contribution in [0.15, 0.2) is 24.3 Å². The number of benzene rings is 1. The first-order chi connectivity index (χ1) is 8.74. The molecule has 1 aromatic carbocycles. The van der Waals surface area contributed by atoms with Crippen molar-refractivity contribution < 1.29 is 4.79 Å². The highest BCUT2D eigenvalue weighted by atomic mass is 16.2. The van der Waals surface area contributed by atoms with E-state index in [-0.39, 0.29) is 6.03 Å². The molecule has 4 heteroatoms. The maximum Gasteiger partial charge on any atom is 0.321 e. The van der Waals surface area contributed by atoms with E-state index >= 15 is 0 Å². The number of urea groups is 1. The van der Waals surface area contributed by atoms with Crippen molar-refractivity contribution in [1.29, 1.82) is 0 Å². The summed E-state index contributed by atoms with van der Waals surface area (Å²) in [6.45, 7) is 4.58. The van der Waals surface area contributed by atoms with E-state index in [1.165, 1.54) is 5.56 Å². The minimum Gasteiger partial charge on any atom is -0.337 e. The molecule has 1 aliphatic rings. The highest BCUT2D eigenvalue weighted by molar-refractivity contribution is 5.92. The Labute approximate surface area is 108 Å². The molecule has 0 radical (unpaired) electrons. The number of aryl methyl sites for hydroxylation is 1. The molecule has 2 N–H and O–H groups in total. The number of carbonyl (C=O) groups excluding carboxylic acids is 1. The van der Waals surface area contributed by atoms with Gasteiger partial charge in [0.05, 0.1) is 0 Å². The van der Waals surface area contributed by atoms with Crippen molar-refractivity contribution in [2.24, 2.45) is 5.92 Å². The van der Waals surface area contributed by atoms with Crippen molar-refractivity contribution in [2.75, 3.05) is 31.6 Å². The van der Waals surface area contributed by atoms with Gasteiger partial charge in [-0.1, -0.05) is 19.1 Å². The average molecular weight is 247 g/mol. The summed E-state index contributed by atoms with van der Waals surface area (Å²) in [5.74, 6) is 0.457. The Morgan fingerprint density at radius 2 is 2.11 bits per heavy atom. The first-order valence-electron chi connectivity index (χ1n) is 6.53. The van der Waals surface area contributed by atoms with Gasteiger partial charge in [-0.2, -0.15) is 0 Å². The van der Waals surface area contributed by atoms with Gasteiger partial charge >= 0.3 is 6.03 Å². The fourth-order valence-corrected chi connectivity index (χ4v) is 2.29. The zero-order chi connectivity index (χ0) is 13.0. The first kappa shape index (κ1) is 12.9. The van der Waals surface area contributed by atoms with E-state index in [0.29, 0.717) is 5.92 Å². The molecule has 1 aromatic rings. The van der Waals surface area contributed by atoms with Crippen LogP contribution >= 0.6 is 0 Å². The summed E-state index contributed by atoms with van der Waals surface area (Å²) in [6.07, 6.45) is 1.02.